The van der Waals surface area contributed by atoms with Crippen LogP contribution in [0.4, 0.5) is 11.4 Å². The minimum Gasteiger partial charge on any atom is -0.397 e. The molecule has 1 unspecified atom stereocenters. The molecule has 1 saturated heterocycles. The molecular weight excluding hydrogens is 212 g/mol. The van der Waals surface area contributed by atoms with Gasteiger partial charge in [0.15, 0.2) is 0 Å². The average Bonchev–Trinajstić information content (AvgIpc) is 2.40. The molecule has 0 aliphatic carbocycles. The van der Waals surface area contributed by atoms with Crippen molar-refractivity contribution in [2.24, 2.45) is 0 Å². The van der Waals surface area contributed by atoms with Crippen LogP contribution in [0.2, 0.25) is 0 Å². The minimum absolute atomic E-state index is 0.522. The molecule has 1 aliphatic heterocycles. The van der Waals surface area contributed by atoms with Crippen LogP contribution in [-0.4, -0.2) is 23.8 Å². The molecule has 1 heterocycles. The highest BCUT2D eigenvalue weighted by Crippen LogP contribution is 2.31. The second-order valence-corrected chi connectivity index (χ2v) is 5.35. The summed E-state index contributed by atoms with van der Waals surface area (Å²) in [6.45, 7) is 5.87. The molecule has 1 fully saturated rings. The third kappa shape index (κ3) is 2.72. The Balaban J connectivity index is 2.23. The van der Waals surface area contributed by atoms with Crippen LogP contribution < -0.4 is 10.6 Å². The number of para-hydroxylation sites is 1. The van der Waals surface area contributed by atoms with Gasteiger partial charge in [-0.1, -0.05) is 12.1 Å². The van der Waals surface area contributed by atoms with Crippen LogP contribution in [0.5, 0.6) is 0 Å². The fraction of sp³-hybridized carbons (Fsp3) is 0.571. The molecule has 3 N–H and O–H groups in total. The van der Waals surface area contributed by atoms with Gasteiger partial charge in [0.2, 0.25) is 0 Å². The average molecular weight is 234 g/mol. The van der Waals surface area contributed by atoms with E-state index < -0.39 is 5.60 Å². The summed E-state index contributed by atoms with van der Waals surface area (Å²) >= 11 is 0. The lowest BCUT2D eigenvalue weighted by Crippen LogP contribution is -2.29. The molecule has 0 bridgehead atoms. The molecule has 1 aromatic rings. The van der Waals surface area contributed by atoms with Crippen LogP contribution in [0.15, 0.2) is 18.2 Å². The summed E-state index contributed by atoms with van der Waals surface area (Å²) in [6, 6.07) is 6.03. The maximum atomic E-state index is 10.1. The van der Waals surface area contributed by atoms with E-state index >= 15 is 0 Å². The molecule has 17 heavy (non-hydrogen) atoms. The summed E-state index contributed by atoms with van der Waals surface area (Å²) in [6.07, 6.45) is 2.69. The van der Waals surface area contributed by atoms with Crippen molar-refractivity contribution >= 4 is 11.4 Å². The molecule has 94 valence electrons. The van der Waals surface area contributed by atoms with Gasteiger partial charge in [-0.3, -0.25) is 0 Å². The van der Waals surface area contributed by atoms with Gasteiger partial charge in [0.1, 0.15) is 0 Å². The van der Waals surface area contributed by atoms with Crippen molar-refractivity contribution in [3.05, 3.63) is 23.8 Å². The van der Waals surface area contributed by atoms with Crippen molar-refractivity contribution in [2.45, 2.75) is 38.7 Å². The fourth-order valence-electron chi connectivity index (χ4n) is 2.60. The third-order valence-corrected chi connectivity index (χ3v) is 3.65. The second kappa shape index (κ2) is 4.57. The van der Waals surface area contributed by atoms with Gasteiger partial charge in [0.05, 0.1) is 17.0 Å². The standard InChI is InChI=1S/C14H22N2O/c1-11-5-3-6-12(15)13(11)16-9-4-7-14(2,17)8-10-16/h3,5-6,17H,4,7-10,15H2,1-2H3. The summed E-state index contributed by atoms with van der Waals surface area (Å²) in [5.74, 6) is 0. The van der Waals surface area contributed by atoms with Crippen LogP contribution in [-0.2, 0) is 0 Å². The number of rotatable bonds is 1. The summed E-state index contributed by atoms with van der Waals surface area (Å²) in [4.78, 5) is 2.31. The van der Waals surface area contributed by atoms with Crippen molar-refractivity contribution < 1.29 is 5.11 Å². The Bertz CT molecular complexity index is 381. The molecule has 0 aromatic heterocycles. The minimum atomic E-state index is -0.522. The van der Waals surface area contributed by atoms with Crippen molar-refractivity contribution in [2.75, 3.05) is 23.7 Å². The molecule has 0 spiro atoms. The number of benzene rings is 1. The zero-order valence-electron chi connectivity index (χ0n) is 10.7. The lowest BCUT2D eigenvalue weighted by Gasteiger charge is -2.27. The smallest absolute Gasteiger partial charge is 0.0637 e. The number of aryl methyl sites for hydroxylation is 1. The highest BCUT2D eigenvalue weighted by atomic mass is 16.3. The lowest BCUT2D eigenvalue weighted by atomic mass is 9.98. The SMILES string of the molecule is Cc1cccc(N)c1N1CCCC(C)(O)CC1. The third-order valence-electron chi connectivity index (χ3n) is 3.65. The molecule has 3 heteroatoms. The zero-order chi connectivity index (χ0) is 12.5. The molecule has 0 amide bonds. The maximum absolute atomic E-state index is 10.1. The van der Waals surface area contributed by atoms with Crippen molar-refractivity contribution in [3.63, 3.8) is 0 Å². The molecule has 1 aromatic carbocycles. The predicted octanol–water partition coefficient (Wildman–Crippen LogP) is 2.32. The van der Waals surface area contributed by atoms with Crippen LogP contribution in [0, 0.1) is 6.92 Å². The Morgan fingerprint density at radius 3 is 2.76 bits per heavy atom. The van der Waals surface area contributed by atoms with Gasteiger partial charge in [0.25, 0.3) is 0 Å². The summed E-state index contributed by atoms with van der Waals surface area (Å²) in [5.41, 5.74) is 8.74. The van der Waals surface area contributed by atoms with Crippen LogP contribution in [0.3, 0.4) is 0 Å². The molecule has 2 rings (SSSR count). The Labute approximate surface area is 103 Å². The van der Waals surface area contributed by atoms with Gasteiger partial charge in [-0.05, 0) is 44.7 Å². The van der Waals surface area contributed by atoms with E-state index in [0.717, 1.165) is 43.7 Å². The van der Waals surface area contributed by atoms with Gasteiger partial charge < -0.3 is 15.7 Å². The fourth-order valence-corrected chi connectivity index (χ4v) is 2.60. The van der Waals surface area contributed by atoms with Crippen molar-refractivity contribution in [1.82, 2.24) is 0 Å². The monoisotopic (exact) mass is 234 g/mol. The molecule has 1 aliphatic rings. The first-order chi connectivity index (χ1) is 7.99. The van der Waals surface area contributed by atoms with Crippen LogP contribution in [0.25, 0.3) is 0 Å². The first-order valence-electron chi connectivity index (χ1n) is 6.32. The van der Waals surface area contributed by atoms with E-state index in [2.05, 4.69) is 17.9 Å². The largest absolute Gasteiger partial charge is 0.397 e. The van der Waals surface area contributed by atoms with Gasteiger partial charge in [-0.2, -0.15) is 0 Å². The number of nitrogen functional groups attached to an aromatic ring is 1. The van der Waals surface area contributed by atoms with Gasteiger partial charge in [0, 0.05) is 13.1 Å². The Morgan fingerprint density at radius 1 is 1.29 bits per heavy atom. The Kier molecular flexibility index (Phi) is 3.29. The van der Waals surface area contributed by atoms with E-state index in [1.165, 1.54) is 5.56 Å². The van der Waals surface area contributed by atoms with E-state index in [0.29, 0.717) is 0 Å². The first kappa shape index (κ1) is 12.2. The topological polar surface area (TPSA) is 49.5 Å². The number of hydrogen-bond acceptors (Lipinski definition) is 3. The molecule has 1 atom stereocenters. The summed E-state index contributed by atoms with van der Waals surface area (Å²) in [7, 11) is 0. The highest BCUT2D eigenvalue weighted by molar-refractivity contribution is 5.71. The van der Waals surface area contributed by atoms with E-state index in [9.17, 15) is 5.11 Å². The van der Waals surface area contributed by atoms with E-state index in [4.69, 9.17) is 5.73 Å². The second-order valence-electron chi connectivity index (χ2n) is 5.35. The first-order valence-corrected chi connectivity index (χ1v) is 6.32. The van der Waals surface area contributed by atoms with Gasteiger partial charge in [-0.15, -0.1) is 0 Å². The molecular formula is C14H22N2O. The number of hydrogen-bond donors (Lipinski definition) is 2. The van der Waals surface area contributed by atoms with Crippen molar-refractivity contribution in [1.29, 1.82) is 0 Å². The van der Waals surface area contributed by atoms with Gasteiger partial charge in [-0.25, -0.2) is 0 Å². The Hall–Kier alpha value is -1.22. The van der Waals surface area contributed by atoms with Crippen molar-refractivity contribution in [3.8, 4) is 0 Å². The number of nitrogens with two attached hydrogens (primary N) is 1. The van der Waals surface area contributed by atoms with Crippen LogP contribution >= 0.6 is 0 Å². The summed E-state index contributed by atoms with van der Waals surface area (Å²) in [5, 5.41) is 10.1. The molecule has 0 radical (unpaired) electrons. The molecule has 3 nitrogen and oxygen atoms in total. The quantitative estimate of drug-likeness (QED) is 0.733. The number of anilines is 2. The Morgan fingerprint density at radius 2 is 2.06 bits per heavy atom. The number of aliphatic hydroxyl groups is 1. The van der Waals surface area contributed by atoms with E-state index in [1.54, 1.807) is 0 Å². The lowest BCUT2D eigenvalue weighted by molar-refractivity contribution is 0.0481. The zero-order valence-corrected chi connectivity index (χ0v) is 10.7. The van der Waals surface area contributed by atoms with Crippen LogP contribution in [0.1, 0.15) is 31.7 Å². The maximum Gasteiger partial charge on any atom is 0.0637 e. The highest BCUT2D eigenvalue weighted by Gasteiger charge is 2.26. The van der Waals surface area contributed by atoms with E-state index in [1.807, 2.05) is 19.1 Å². The van der Waals surface area contributed by atoms with Gasteiger partial charge >= 0.3 is 0 Å². The number of nitrogens with zero attached hydrogens (tertiary/aromatic N) is 1. The normalized spacial score (nSPS) is 25.7. The van der Waals surface area contributed by atoms with E-state index in [-0.39, 0.29) is 0 Å². The summed E-state index contributed by atoms with van der Waals surface area (Å²) < 4.78 is 0. The predicted molar refractivity (Wildman–Crippen MR) is 72.3 cm³/mol. The molecule has 0 saturated carbocycles.